The predicted octanol–water partition coefficient (Wildman–Crippen LogP) is 2.34. The van der Waals surface area contributed by atoms with Crippen LogP contribution in [0.25, 0.3) is 0 Å². The molecule has 1 aromatic rings. The number of benzene rings is 1. The summed E-state index contributed by atoms with van der Waals surface area (Å²) in [6.45, 7) is 1.76. The summed E-state index contributed by atoms with van der Waals surface area (Å²) in [7, 11) is 1.51. The molecule has 0 heterocycles. The normalized spacial score (nSPS) is 9.75. The highest BCUT2D eigenvalue weighted by Gasteiger charge is 2.16. The Bertz CT molecular complexity index is 449. The van der Waals surface area contributed by atoms with Gasteiger partial charge in [-0.3, -0.25) is 9.59 Å². The Balaban J connectivity index is 3.46. The molecule has 16 heavy (non-hydrogen) atoms. The minimum Gasteiger partial charge on any atom is -0.355 e. The van der Waals surface area contributed by atoms with Crippen LogP contribution in [0, 0.1) is 6.92 Å². The number of amides is 2. The van der Waals surface area contributed by atoms with Crippen molar-refractivity contribution in [2.75, 3.05) is 12.4 Å². The van der Waals surface area contributed by atoms with E-state index < -0.39 is 0 Å². The van der Waals surface area contributed by atoms with Crippen molar-refractivity contribution in [1.82, 2.24) is 5.32 Å². The van der Waals surface area contributed by atoms with E-state index >= 15 is 0 Å². The second kappa shape index (κ2) is 5.32. The van der Waals surface area contributed by atoms with E-state index in [9.17, 15) is 9.59 Å². The highest BCUT2D eigenvalue weighted by Crippen LogP contribution is 2.34. The van der Waals surface area contributed by atoms with Crippen molar-refractivity contribution in [2.45, 2.75) is 6.92 Å². The molecule has 0 saturated carbocycles. The Labute approximate surface area is 106 Å². The average Bonchev–Trinajstić information content (AvgIpc) is 2.28. The molecule has 0 atom stereocenters. The van der Waals surface area contributed by atoms with Crippen LogP contribution in [0.2, 0.25) is 5.02 Å². The summed E-state index contributed by atoms with van der Waals surface area (Å²) in [4.78, 5) is 22.1. The van der Waals surface area contributed by atoms with Gasteiger partial charge in [0, 0.05) is 11.5 Å². The van der Waals surface area contributed by atoms with E-state index in [1.165, 1.54) is 13.1 Å². The second-order valence-corrected chi connectivity index (χ2v) is 4.26. The Kier molecular flexibility index (Phi) is 4.32. The fraction of sp³-hybridized carbons (Fsp3) is 0.200. The molecule has 1 rings (SSSR count). The molecule has 0 spiro atoms. The lowest BCUT2D eigenvalue weighted by molar-refractivity contribution is -0.105. The maximum Gasteiger partial charge on any atom is 0.253 e. The molecule has 0 radical (unpaired) electrons. The number of nitrogens with one attached hydrogen (secondary N) is 2. The lowest BCUT2D eigenvalue weighted by Crippen LogP contribution is -2.20. The summed E-state index contributed by atoms with van der Waals surface area (Å²) in [6.07, 6.45) is 0.523. The third kappa shape index (κ3) is 2.36. The number of hydrogen-bond acceptors (Lipinski definition) is 2. The first-order valence-corrected chi connectivity index (χ1v) is 5.60. The number of rotatable bonds is 3. The van der Waals surface area contributed by atoms with E-state index in [0.717, 1.165) is 0 Å². The Hall–Kier alpha value is -1.07. The van der Waals surface area contributed by atoms with E-state index in [4.69, 9.17) is 11.6 Å². The summed E-state index contributed by atoms with van der Waals surface area (Å²) >= 11 is 9.23. The summed E-state index contributed by atoms with van der Waals surface area (Å²) < 4.78 is 0.658. The molecule has 1 aromatic carbocycles. The van der Waals surface area contributed by atoms with Gasteiger partial charge in [0.2, 0.25) is 6.41 Å². The van der Waals surface area contributed by atoms with Crippen LogP contribution in [0.4, 0.5) is 5.69 Å². The van der Waals surface area contributed by atoms with Crippen molar-refractivity contribution < 1.29 is 9.59 Å². The zero-order valence-electron chi connectivity index (χ0n) is 8.73. The minimum absolute atomic E-state index is 0.304. The summed E-state index contributed by atoms with van der Waals surface area (Å²) in [6, 6.07) is 1.50. The van der Waals surface area contributed by atoms with Crippen LogP contribution in [-0.4, -0.2) is 19.4 Å². The monoisotopic (exact) mass is 304 g/mol. The first-order chi connectivity index (χ1) is 7.52. The number of carbonyl (C=O) groups excluding carboxylic acids is 2. The third-order valence-electron chi connectivity index (χ3n) is 2.13. The van der Waals surface area contributed by atoms with E-state index in [2.05, 4.69) is 26.6 Å². The smallest absolute Gasteiger partial charge is 0.253 e. The maximum absolute atomic E-state index is 11.6. The van der Waals surface area contributed by atoms with Gasteiger partial charge in [0.05, 0.1) is 16.3 Å². The van der Waals surface area contributed by atoms with E-state index in [1.54, 1.807) is 6.92 Å². The van der Waals surface area contributed by atoms with Crippen LogP contribution in [0.1, 0.15) is 15.9 Å². The van der Waals surface area contributed by atoms with Gasteiger partial charge in [-0.15, -0.1) is 0 Å². The van der Waals surface area contributed by atoms with Gasteiger partial charge in [-0.2, -0.15) is 0 Å². The molecule has 0 aromatic heterocycles. The highest BCUT2D eigenvalue weighted by atomic mass is 79.9. The SMILES string of the molecule is CNC(=O)c1cc(Cl)c(Br)c(C)c1NC=O. The molecular weight excluding hydrogens is 295 g/mol. The van der Waals surface area contributed by atoms with Gasteiger partial charge in [-0.05, 0) is 34.5 Å². The zero-order valence-corrected chi connectivity index (χ0v) is 11.1. The fourth-order valence-corrected chi connectivity index (χ4v) is 1.88. The molecule has 0 bridgehead atoms. The third-order valence-corrected chi connectivity index (χ3v) is 3.68. The van der Waals surface area contributed by atoms with Crippen LogP contribution in [-0.2, 0) is 4.79 Å². The van der Waals surface area contributed by atoms with E-state index in [0.29, 0.717) is 32.7 Å². The number of carbonyl (C=O) groups is 2. The lowest BCUT2D eigenvalue weighted by atomic mass is 10.1. The van der Waals surface area contributed by atoms with Gasteiger partial charge in [0.1, 0.15) is 0 Å². The largest absolute Gasteiger partial charge is 0.355 e. The number of hydrogen-bond donors (Lipinski definition) is 2. The summed E-state index contributed by atoms with van der Waals surface area (Å²) in [5.41, 5.74) is 1.49. The Morgan fingerprint density at radius 3 is 2.69 bits per heavy atom. The van der Waals surface area contributed by atoms with Gasteiger partial charge in [0.25, 0.3) is 5.91 Å². The zero-order chi connectivity index (χ0) is 12.3. The van der Waals surface area contributed by atoms with Crippen molar-refractivity contribution >= 4 is 45.5 Å². The van der Waals surface area contributed by atoms with Crippen LogP contribution in [0.3, 0.4) is 0 Å². The Morgan fingerprint density at radius 2 is 2.19 bits per heavy atom. The standard InChI is InChI=1S/C10H10BrClN2O2/c1-5-8(11)7(12)3-6(10(16)13-2)9(5)14-4-15/h3-4H,1-2H3,(H,13,16)(H,14,15). The van der Waals surface area contributed by atoms with Crippen molar-refractivity contribution in [1.29, 1.82) is 0 Å². The summed E-state index contributed by atoms with van der Waals surface area (Å²) in [5.74, 6) is -0.304. The van der Waals surface area contributed by atoms with Crippen molar-refractivity contribution in [2.24, 2.45) is 0 Å². The molecular formula is C10H10BrClN2O2. The molecule has 0 aliphatic rings. The predicted molar refractivity (Wildman–Crippen MR) is 67.0 cm³/mol. The van der Waals surface area contributed by atoms with Gasteiger partial charge in [0.15, 0.2) is 0 Å². The molecule has 0 aliphatic carbocycles. The lowest BCUT2D eigenvalue weighted by Gasteiger charge is -2.13. The number of anilines is 1. The van der Waals surface area contributed by atoms with E-state index in [1.807, 2.05) is 0 Å². The molecule has 0 saturated heterocycles. The summed E-state index contributed by atoms with van der Waals surface area (Å²) in [5, 5.41) is 5.41. The first-order valence-electron chi connectivity index (χ1n) is 4.43. The topological polar surface area (TPSA) is 58.2 Å². The molecule has 4 nitrogen and oxygen atoms in total. The highest BCUT2D eigenvalue weighted by molar-refractivity contribution is 9.10. The molecule has 0 aliphatic heterocycles. The van der Waals surface area contributed by atoms with Crippen LogP contribution < -0.4 is 10.6 Å². The molecule has 6 heteroatoms. The Morgan fingerprint density at radius 1 is 1.56 bits per heavy atom. The first kappa shape index (κ1) is 13.0. The average molecular weight is 306 g/mol. The van der Waals surface area contributed by atoms with Crippen molar-refractivity contribution in [3.05, 3.63) is 26.7 Å². The second-order valence-electron chi connectivity index (χ2n) is 3.06. The van der Waals surface area contributed by atoms with Gasteiger partial charge in [-0.1, -0.05) is 11.6 Å². The molecule has 2 N–H and O–H groups in total. The quantitative estimate of drug-likeness (QED) is 0.842. The van der Waals surface area contributed by atoms with Gasteiger partial charge < -0.3 is 10.6 Å². The number of halogens is 2. The molecule has 0 fully saturated rings. The molecule has 0 unspecified atom stereocenters. The van der Waals surface area contributed by atoms with Crippen LogP contribution in [0.15, 0.2) is 10.5 Å². The van der Waals surface area contributed by atoms with Gasteiger partial charge in [-0.25, -0.2) is 0 Å². The minimum atomic E-state index is -0.304. The molecule has 86 valence electrons. The van der Waals surface area contributed by atoms with Crippen molar-refractivity contribution in [3.8, 4) is 0 Å². The van der Waals surface area contributed by atoms with Crippen molar-refractivity contribution in [3.63, 3.8) is 0 Å². The maximum atomic E-state index is 11.6. The van der Waals surface area contributed by atoms with Gasteiger partial charge >= 0.3 is 0 Å². The van der Waals surface area contributed by atoms with Crippen LogP contribution >= 0.6 is 27.5 Å². The van der Waals surface area contributed by atoms with Crippen LogP contribution in [0.5, 0.6) is 0 Å². The van der Waals surface area contributed by atoms with E-state index in [-0.39, 0.29) is 5.91 Å². The fourth-order valence-electron chi connectivity index (χ4n) is 1.31. The molecule has 2 amide bonds.